The zero-order valence-electron chi connectivity index (χ0n) is 6.65. The Morgan fingerprint density at radius 2 is 2.00 bits per heavy atom. The number of ether oxygens (including phenoxy) is 1. The van der Waals surface area contributed by atoms with Crippen LogP contribution in [-0.2, 0) is 9.78 Å². The second-order valence-electron chi connectivity index (χ2n) is 2.57. The fraction of sp³-hybridized carbons (Fsp3) is 1.00. The Labute approximate surface area is 65.0 Å². The normalized spacial score (nSPS) is 34.1. The molecule has 1 saturated heterocycles. The first-order valence-corrected chi connectivity index (χ1v) is 3.38. The molecule has 1 fully saturated rings. The Kier molecular flexibility index (Phi) is 4.55. The number of hydrogen-bond donors (Lipinski definition) is 3. The third-order valence-electron chi connectivity index (χ3n) is 1.72. The lowest BCUT2D eigenvalue weighted by Gasteiger charge is -1.95. The number of aliphatic hydroxyl groups is 1. The summed E-state index contributed by atoms with van der Waals surface area (Å²) >= 11 is 0. The Bertz CT molecular complexity index is 107. The number of aliphatic hydroxyl groups excluding tert-OH is 1. The molecule has 1 aliphatic rings. The van der Waals surface area contributed by atoms with Gasteiger partial charge in [-0.05, 0) is 13.3 Å². The summed E-state index contributed by atoms with van der Waals surface area (Å²) < 4.78 is 5.15. The molecule has 0 radical (unpaired) electrons. The molecule has 1 heterocycles. The smallest absolute Gasteiger partial charge is 0.115 e. The highest BCUT2D eigenvalue weighted by molar-refractivity contribution is 4.97. The monoisotopic (exact) mass is 166 g/mol. The van der Waals surface area contributed by atoms with Gasteiger partial charge in [0.2, 0.25) is 0 Å². The highest BCUT2D eigenvalue weighted by Gasteiger charge is 2.50. The van der Waals surface area contributed by atoms with E-state index < -0.39 is 0 Å². The van der Waals surface area contributed by atoms with Crippen LogP contribution in [0.1, 0.15) is 20.3 Å². The maximum Gasteiger partial charge on any atom is 0.115 e. The lowest BCUT2D eigenvalue weighted by atomic mass is 10.1. The highest BCUT2D eigenvalue weighted by atomic mass is 17.4. The molecule has 68 valence electrons. The standard InChI is InChI=1S/C6H12O2.H2O3/c1-3-5-6(2,4-7)8-5;1-3-2/h5,7H,3-4H2,1-2H3;1-2H/t5?,6-;/m0./s1. The van der Waals surface area contributed by atoms with E-state index >= 15 is 0 Å². The van der Waals surface area contributed by atoms with Crippen LogP contribution in [-0.4, -0.2) is 33.9 Å². The maximum atomic E-state index is 8.64. The summed E-state index contributed by atoms with van der Waals surface area (Å²) in [6, 6.07) is 0. The lowest BCUT2D eigenvalue weighted by Crippen LogP contribution is -2.14. The Morgan fingerprint density at radius 1 is 1.55 bits per heavy atom. The van der Waals surface area contributed by atoms with Crippen molar-refractivity contribution in [3.05, 3.63) is 0 Å². The van der Waals surface area contributed by atoms with Crippen LogP contribution in [0.15, 0.2) is 0 Å². The number of hydrogen-bond acceptors (Lipinski definition) is 5. The average molecular weight is 166 g/mol. The first kappa shape index (κ1) is 10.8. The van der Waals surface area contributed by atoms with Gasteiger partial charge in [-0.15, -0.1) is 0 Å². The van der Waals surface area contributed by atoms with Crippen molar-refractivity contribution in [1.82, 2.24) is 0 Å². The zero-order valence-corrected chi connectivity index (χ0v) is 6.65. The lowest BCUT2D eigenvalue weighted by molar-refractivity contribution is -0.465. The van der Waals surface area contributed by atoms with E-state index in [4.69, 9.17) is 20.4 Å². The minimum atomic E-state index is -0.186. The molecule has 3 N–H and O–H groups in total. The van der Waals surface area contributed by atoms with E-state index in [1.807, 2.05) is 6.92 Å². The van der Waals surface area contributed by atoms with Crippen molar-refractivity contribution >= 4 is 0 Å². The molecule has 0 saturated carbocycles. The summed E-state index contributed by atoms with van der Waals surface area (Å²) in [7, 11) is 0. The Hall–Kier alpha value is -0.200. The van der Waals surface area contributed by atoms with E-state index in [1.54, 1.807) is 0 Å². The molecule has 0 aliphatic carbocycles. The minimum Gasteiger partial charge on any atom is -0.393 e. The number of epoxide rings is 1. The van der Waals surface area contributed by atoms with Crippen LogP contribution in [0, 0.1) is 0 Å². The van der Waals surface area contributed by atoms with Crippen LogP contribution >= 0.6 is 0 Å². The predicted molar refractivity (Wildman–Crippen MR) is 37.0 cm³/mol. The zero-order chi connectivity index (χ0) is 8.91. The van der Waals surface area contributed by atoms with Gasteiger partial charge in [-0.2, -0.15) is 0 Å². The van der Waals surface area contributed by atoms with Crippen molar-refractivity contribution in [2.24, 2.45) is 0 Å². The molecule has 0 bridgehead atoms. The van der Waals surface area contributed by atoms with Gasteiger partial charge in [0.15, 0.2) is 0 Å². The molecule has 1 aliphatic heterocycles. The Balaban J connectivity index is 0.000000292. The van der Waals surface area contributed by atoms with Crippen LogP contribution in [0.2, 0.25) is 0 Å². The van der Waals surface area contributed by atoms with Crippen molar-refractivity contribution in [3.63, 3.8) is 0 Å². The van der Waals surface area contributed by atoms with E-state index in [9.17, 15) is 0 Å². The quantitative estimate of drug-likeness (QED) is 0.316. The molecule has 5 heteroatoms. The third kappa shape index (κ3) is 3.13. The summed E-state index contributed by atoms with van der Waals surface area (Å²) in [6.07, 6.45) is 1.32. The van der Waals surface area contributed by atoms with E-state index in [0.717, 1.165) is 6.42 Å². The molecule has 5 nitrogen and oxygen atoms in total. The van der Waals surface area contributed by atoms with Crippen LogP contribution in [0.3, 0.4) is 0 Å². The summed E-state index contributed by atoms with van der Waals surface area (Å²) in [5.74, 6) is 0. The average Bonchev–Trinajstić information content (AvgIpc) is 2.65. The first-order valence-electron chi connectivity index (χ1n) is 3.38. The second-order valence-corrected chi connectivity index (χ2v) is 2.57. The summed E-state index contributed by atoms with van der Waals surface area (Å²) in [5.41, 5.74) is -0.186. The van der Waals surface area contributed by atoms with E-state index in [0.29, 0.717) is 6.10 Å². The molecule has 0 aromatic carbocycles. The largest absolute Gasteiger partial charge is 0.393 e. The highest BCUT2D eigenvalue weighted by Crippen LogP contribution is 2.37. The van der Waals surface area contributed by atoms with Crippen LogP contribution in [0.5, 0.6) is 0 Å². The van der Waals surface area contributed by atoms with Gasteiger partial charge in [0.1, 0.15) is 5.60 Å². The fourth-order valence-electron chi connectivity index (χ4n) is 0.945. The van der Waals surface area contributed by atoms with Crippen molar-refractivity contribution in [2.75, 3.05) is 6.61 Å². The first-order chi connectivity index (χ1) is 5.14. The summed E-state index contributed by atoms with van der Waals surface area (Å²) in [6.45, 7) is 4.15. The summed E-state index contributed by atoms with van der Waals surface area (Å²) in [4.78, 5) is 0. The van der Waals surface area contributed by atoms with Gasteiger partial charge in [0.25, 0.3) is 0 Å². The summed E-state index contributed by atoms with van der Waals surface area (Å²) in [5, 5.41) is 24.1. The van der Waals surface area contributed by atoms with Crippen LogP contribution in [0.25, 0.3) is 0 Å². The minimum absolute atomic E-state index is 0.158. The topological polar surface area (TPSA) is 82.5 Å². The molecular weight excluding hydrogens is 152 g/mol. The van der Waals surface area contributed by atoms with Gasteiger partial charge in [0.05, 0.1) is 12.7 Å². The molecule has 0 amide bonds. The van der Waals surface area contributed by atoms with Gasteiger partial charge in [-0.3, -0.25) is 0 Å². The third-order valence-corrected chi connectivity index (χ3v) is 1.72. The predicted octanol–water partition coefficient (Wildman–Crippen LogP) is 0.495. The molecular formula is C6H14O5. The second kappa shape index (κ2) is 4.63. The fourth-order valence-corrected chi connectivity index (χ4v) is 0.945. The van der Waals surface area contributed by atoms with E-state index in [-0.39, 0.29) is 12.2 Å². The van der Waals surface area contributed by atoms with Crippen LogP contribution < -0.4 is 0 Å². The number of rotatable bonds is 2. The van der Waals surface area contributed by atoms with E-state index in [1.165, 1.54) is 0 Å². The van der Waals surface area contributed by atoms with Gasteiger partial charge >= 0.3 is 0 Å². The van der Waals surface area contributed by atoms with Crippen LogP contribution in [0.4, 0.5) is 0 Å². The molecule has 1 unspecified atom stereocenters. The van der Waals surface area contributed by atoms with Gasteiger partial charge in [0, 0.05) is 0 Å². The van der Waals surface area contributed by atoms with Gasteiger partial charge in [-0.25, -0.2) is 10.5 Å². The molecule has 0 aromatic heterocycles. The molecule has 2 atom stereocenters. The van der Waals surface area contributed by atoms with Crippen molar-refractivity contribution < 1.29 is 25.4 Å². The van der Waals surface area contributed by atoms with Crippen molar-refractivity contribution in [1.29, 1.82) is 0 Å². The maximum absolute atomic E-state index is 8.64. The molecule has 0 aromatic rings. The van der Waals surface area contributed by atoms with Gasteiger partial charge < -0.3 is 9.84 Å². The van der Waals surface area contributed by atoms with Crippen molar-refractivity contribution in [2.45, 2.75) is 32.0 Å². The van der Waals surface area contributed by atoms with Gasteiger partial charge in [-0.1, -0.05) is 12.0 Å². The molecule has 0 spiro atoms. The molecule has 11 heavy (non-hydrogen) atoms. The van der Waals surface area contributed by atoms with E-state index in [2.05, 4.69) is 12.0 Å². The SMILES string of the molecule is CCC1O[C@@]1(C)CO.OOO. The molecule has 1 rings (SSSR count). The van der Waals surface area contributed by atoms with Crippen molar-refractivity contribution in [3.8, 4) is 0 Å². The Morgan fingerprint density at radius 3 is 2.09 bits per heavy atom.